The molecule has 1 N–H and O–H groups in total. The average Bonchev–Trinajstić information content (AvgIpc) is 2.04. The second-order valence-corrected chi connectivity index (χ2v) is 3.97. The zero-order chi connectivity index (χ0) is 8.97. The molecule has 0 aliphatic heterocycles. The Hall–Kier alpha value is -0.280. The van der Waals surface area contributed by atoms with Gasteiger partial charge in [-0.25, -0.2) is 0 Å². The first-order valence-corrected chi connectivity index (χ1v) is 5.13. The van der Waals surface area contributed by atoms with Crippen LogP contribution in [-0.2, 0) is 0 Å². The molecule has 0 atom stereocenters. The molecule has 0 fully saturated rings. The summed E-state index contributed by atoms with van der Waals surface area (Å²) in [4.78, 5) is 0. The van der Waals surface area contributed by atoms with E-state index >= 15 is 0 Å². The maximum absolute atomic E-state index is 3.64. The van der Waals surface area contributed by atoms with E-state index in [1.165, 1.54) is 0 Å². The largest absolute Gasteiger partial charge is 0.380 e. The van der Waals surface area contributed by atoms with Crippen LogP contribution >= 0.6 is 31.9 Å². The Labute approximate surface area is 89.1 Å². The topological polar surface area (TPSA) is 12.0 Å². The van der Waals surface area contributed by atoms with Gasteiger partial charge < -0.3 is 5.32 Å². The lowest BCUT2D eigenvalue weighted by molar-refractivity contribution is 1.32. The van der Waals surface area contributed by atoms with Crippen molar-refractivity contribution in [2.24, 2.45) is 0 Å². The average molecular weight is 291 g/mol. The molecule has 0 aromatic heterocycles. The molecule has 1 aromatic rings. The van der Waals surface area contributed by atoms with Gasteiger partial charge in [0.15, 0.2) is 0 Å². The zero-order valence-electron chi connectivity index (χ0n) is 6.48. The third-order valence-corrected chi connectivity index (χ3v) is 2.71. The third-order valence-electron chi connectivity index (χ3n) is 1.39. The number of benzene rings is 1. The highest BCUT2D eigenvalue weighted by atomic mass is 79.9. The van der Waals surface area contributed by atoms with Crippen molar-refractivity contribution < 1.29 is 0 Å². The molecule has 0 amide bonds. The zero-order valence-corrected chi connectivity index (χ0v) is 9.65. The summed E-state index contributed by atoms with van der Waals surface area (Å²) in [5.74, 6) is 0. The van der Waals surface area contributed by atoms with Crippen molar-refractivity contribution in [3.8, 4) is 0 Å². The Kier molecular flexibility index (Phi) is 3.82. The molecular formula is C9H9Br2N. The van der Waals surface area contributed by atoms with Crippen LogP contribution in [0, 0.1) is 0 Å². The van der Waals surface area contributed by atoms with E-state index in [9.17, 15) is 0 Å². The predicted molar refractivity (Wildman–Crippen MR) is 60.5 cm³/mol. The van der Waals surface area contributed by atoms with E-state index < -0.39 is 0 Å². The molecule has 0 spiro atoms. The molecule has 1 nitrogen and oxygen atoms in total. The van der Waals surface area contributed by atoms with Gasteiger partial charge in [0.1, 0.15) is 0 Å². The molecule has 0 aliphatic carbocycles. The van der Waals surface area contributed by atoms with Crippen molar-refractivity contribution in [2.75, 3.05) is 11.9 Å². The number of hydrogen-bond donors (Lipinski definition) is 1. The monoisotopic (exact) mass is 289 g/mol. The SMILES string of the molecule is C=CCNc1c(Br)cccc1Br. The molecule has 0 saturated heterocycles. The quantitative estimate of drug-likeness (QED) is 0.835. The summed E-state index contributed by atoms with van der Waals surface area (Å²) in [6.45, 7) is 4.41. The molecule has 0 saturated carbocycles. The van der Waals surface area contributed by atoms with Crippen LogP contribution < -0.4 is 5.32 Å². The lowest BCUT2D eigenvalue weighted by atomic mass is 10.3. The van der Waals surface area contributed by atoms with E-state index in [-0.39, 0.29) is 0 Å². The van der Waals surface area contributed by atoms with E-state index in [4.69, 9.17) is 0 Å². The van der Waals surface area contributed by atoms with Crippen molar-refractivity contribution in [3.05, 3.63) is 39.8 Å². The molecule has 1 aromatic carbocycles. The minimum absolute atomic E-state index is 0.765. The number of hydrogen-bond acceptors (Lipinski definition) is 1. The van der Waals surface area contributed by atoms with E-state index in [1.807, 2.05) is 24.3 Å². The normalized spacial score (nSPS) is 9.50. The summed E-state index contributed by atoms with van der Waals surface area (Å²) in [6.07, 6.45) is 1.83. The lowest BCUT2D eigenvalue weighted by Crippen LogP contribution is -1.98. The highest BCUT2D eigenvalue weighted by Crippen LogP contribution is 2.30. The Morgan fingerprint density at radius 2 is 1.92 bits per heavy atom. The summed E-state index contributed by atoms with van der Waals surface area (Å²) in [5, 5.41) is 3.22. The molecule has 0 bridgehead atoms. The van der Waals surface area contributed by atoms with Crippen LogP contribution in [0.4, 0.5) is 5.69 Å². The van der Waals surface area contributed by atoms with Crippen molar-refractivity contribution in [1.82, 2.24) is 0 Å². The van der Waals surface area contributed by atoms with Crippen LogP contribution in [-0.4, -0.2) is 6.54 Å². The molecule has 0 unspecified atom stereocenters. The van der Waals surface area contributed by atoms with Crippen molar-refractivity contribution in [2.45, 2.75) is 0 Å². The molecule has 0 radical (unpaired) electrons. The maximum Gasteiger partial charge on any atom is 0.0631 e. The lowest BCUT2D eigenvalue weighted by Gasteiger charge is -2.07. The Bertz CT molecular complexity index is 264. The maximum atomic E-state index is 3.64. The summed E-state index contributed by atoms with van der Waals surface area (Å²) >= 11 is 6.90. The van der Waals surface area contributed by atoms with Crippen LogP contribution in [0.2, 0.25) is 0 Å². The first-order valence-electron chi connectivity index (χ1n) is 3.54. The van der Waals surface area contributed by atoms with Gasteiger partial charge in [-0.1, -0.05) is 12.1 Å². The van der Waals surface area contributed by atoms with E-state index in [1.54, 1.807) is 0 Å². The number of rotatable bonds is 3. The first kappa shape index (κ1) is 9.81. The number of para-hydroxylation sites is 1. The van der Waals surface area contributed by atoms with Gasteiger partial charge in [0.05, 0.1) is 5.69 Å². The van der Waals surface area contributed by atoms with Crippen molar-refractivity contribution in [1.29, 1.82) is 0 Å². The summed E-state index contributed by atoms with van der Waals surface area (Å²) in [5.41, 5.74) is 1.07. The number of halogens is 2. The molecule has 0 aliphatic rings. The fourth-order valence-electron chi connectivity index (χ4n) is 0.841. The highest BCUT2D eigenvalue weighted by Gasteiger charge is 2.01. The van der Waals surface area contributed by atoms with E-state index in [0.29, 0.717) is 0 Å². The minimum atomic E-state index is 0.765. The number of anilines is 1. The Balaban J connectivity index is 2.88. The second-order valence-electron chi connectivity index (χ2n) is 2.27. The van der Waals surface area contributed by atoms with Crippen LogP contribution in [0.5, 0.6) is 0 Å². The third kappa shape index (κ3) is 2.35. The van der Waals surface area contributed by atoms with Gasteiger partial charge in [-0.3, -0.25) is 0 Å². The van der Waals surface area contributed by atoms with Gasteiger partial charge in [-0.05, 0) is 44.0 Å². The van der Waals surface area contributed by atoms with Crippen LogP contribution in [0.15, 0.2) is 39.8 Å². The number of nitrogens with one attached hydrogen (secondary N) is 1. The smallest absolute Gasteiger partial charge is 0.0631 e. The molecule has 0 heterocycles. The van der Waals surface area contributed by atoms with E-state index in [2.05, 4.69) is 43.8 Å². The molecular weight excluding hydrogens is 282 g/mol. The minimum Gasteiger partial charge on any atom is -0.380 e. The van der Waals surface area contributed by atoms with Crippen LogP contribution in [0.1, 0.15) is 0 Å². The van der Waals surface area contributed by atoms with Gasteiger partial charge >= 0.3 is 0 Å². The Morgan fingerprint density at radius 1 is 1.33 bits per heavy atom. The van der Waals surface area contributed by atoms with Gasteiger partial charge in [0.2, 0.25) is 0 Å². The summed E-state index contributed by atoms with van der Waals surface area (Å²) in [7, 11) is 0. The van der Waals surface area contributed by atoms with Crippen molar-refractivity contribution >= 4 is 37.5 Å². The molecule has 3 heteroatoms. The van der Waals surface area contributed by atoms with Crippen LogP contribution in [0.3, 0.4) is 0 Å². The van der Waals surface area contributed by atoms with Gasteiger partial charge in [0, 0.05) is 15.5 Å². The van der Waals surface area contributed by atoms with Gasteiger partial charge in [0.25, 0.3) is 0 Å². The van der Waals surface area contributed by atoms with Gasteiger partial charge in [-0.15, -0.1) is 6.58 Å². The molecule has 12 heavy (non-hydrogen) atoms. The molecule has 64 valence electrons. The Morgan fingerprint density at radius 3 is 2.42 bits per heavy atom. The standard InChI is InChI=1S/C9H9Br2N/c1-2-6-12-9-7(10)4-3-5-8(9)11/h2-5,12H,1,6H2. The summed E-state index contributed by atoms with van der Waals surface area (Å²) < 4.78 is 2.11. The first-order chi connectivity index (χ1) is 5.75. The fraction of sp³-hybridized carbons (Fsp3) is 0.111. The van der Waals surface area contributed by atoms with Crippen LogP contribution in [0.25, 0.3) is 0 Å². The van der Waals surface area contributed by atoms with E-state index in [0.717, 1.165) is 21.2 Å². The highest BCUT2D eigenvalue weighted by molar-refractivity contribution is 9.11. The van der Waals surface area contributed by atoms with Crippen molar-refractivity contribution in [3.63, 3.8) is 0 Å². The second kappa shape index (κ2) is 4.67. The molecule has 1 rings (SSSR count). The van der Waals surface area contributed by atoms with Gasteiger partial charge in [-0.2, -0.15) is 0 Å². The predicted octanol–water partition coefficient (Wildman–Crippen LogP) is 3.81. The fourth-order valence-corrected chi connectivity index (χ4v) is 2.12. The summed E-state index contributed by atoms with van der Waals surface area (Å²) in [6, 6.07) is 5.97.